The van der Waals surface area contributed by atoms with Crippen LogP contribution in [0.1, 0.15) is 29.0 Å². The van der Waals surface area contributed by atoms with Gasteiger partial charge in [-0.25, -0.2) is 15.0 Å². The van der Waals surface area contributed by atoms with Gasteiger partial charge in [-0.15, -0.1) is 0 Å². The summed E-state index contributed by atoms with van der Waals surface area (Å²) in [5, 5.41) is 2.94. The van der Waals surface area contributed by atoms with Crippen LogP contribution in [0.2, 0.25) is 0 Å². The Labute approximate surface area is 164 Å². The summed E-state index contributed by atoms with van der Waals surface area (Å²) in [5.74, 6) is 1.43. The summed E-state index contributed by atoms with van der Waals surface area (Å²) in [6, 6.07) is 7.68. The molecule has 0 radical (unpaired) electrons. The van der Waals surface area contributed by atoms with E-state index in [4.69, 9.17) is 4.74 Å². The summed E-state index contributed by atoms with van der Waals surface area (Å²) >= 11 is 0. The molecule has 4 heterocycles. The van der Waals surface area contributed by atoms with Gasteiger partial charge in [0.05, 0.1) is 6.10 Å². The first-order chi connectivity index (χ1) is 13.7. The maximum absolute atomic E-state index is 12.5. The van der Waals surface area contributed by atoms with Crippen LogP contribution in [0.15, 0.2) is 30.5 Å². The summed E-state index contributed by atoms with van der Waals surface area (Å²) in [6.45, 7) is 6.46. The maximum Gasteiger partial charge on any atom is 0.270 e. The third-order valence-corrected chi connectivity index (χ3v) is 5.13. The molecule has 1 unspecified atom stereocenters. The number of aryl methyl sites for hydroxylation is 1. The zero-order chi connectivity index (χ0) is 19.3. The molecular formula is C20H26N6O2. The van der Waals surface area contributed by atoms with Gasteiger partial charge in [-0.1, -0.05) is 6.07 Å². The number of carbonyl (C=O) groups excluding carboxylic acids is 1. The molecule has 0 aliphatic carbocycles. The summed E-state index contributed by atoms with van der Waals surface area (Å²) in [7, 11) is 0. The van der Waals surface area contributed by atoms with Crippen LogP contribution < -0.4 is 15.1 Å². The summed E-state index contributed by atoms with van der Waals surface area (Å²) in [6.07, 6.45) is 3.98. The normalized spacial score (nSPS) is 19.7. The van der Waals surface area contributed by atoms with E-state index in [1.165, 1.54) is 0 Å². The van der Waals surface area contributed by atoms with Crippen LogP contribution >= 0.6 is 0 Å². The fourth-order valence-corrected chi connectivity index (χ4v) is 3.59. The van der Waals surface area contributed by atoms with Crippen LogP contribution in [0.4, 0.5) is 11.8 Å². The van der Waals surface area contributed by atoms with E-state index in [2.05, 4.69) is 30.1 Å². The molecule has 2 aliphatic heterocycles. The molecule has 0 aromatic carbocycles. The lowest BCUT2D eigenvalue weighted by Crippen LogP contribution is -2.47. The first kappa shape index (κ1) is 18.6. The third kappa shape index (κ3) is 4.39. The number of hydrogen-bond acceptors (Lipinski definition) is 7. The number of pyridine rings is 1. The van der Waals surface area contributed by atoms with Crippen molar-refractivity contribution in [1.82, 2.24) is 20.3 Å². The average molecular weight is 382 g/mol. The highest BCUT2D eigenvalue weighted by molar-refractivity contribution is 5.92. The predicted octanol–water partition coefficient (Wildman–Crippen LogP) is 1.42. The Morgan fingerprint density at radius 2 is 2.04 bits per heavy atom. The molecule has 2 aromatic rings. The summed E-state index contributed by atoms with van der Waals surface area (Å²) < 4.78 is 5.56. The zero-order valence-electron chi connectivity index (χ0n) is 16.2. The van der Waals surface area contributed by atoms with Crippen molar-refractivity contribution in [2.45, 2.75) is 25.9 Å². The number of amides is 1. The molecule has 1 amide bonds. The molecule has 1 atom stereocenters. The van der Waals surface area contributed by atoms with Crippen LogP contribution in [-0.4, -0.2) is 66.3 Å². The number of rotatable bonds is 5. The highest BCUT2D eigenvalue weighted by Gasteiger charge is 2.22. The zero-order valence-corrected chi connectivity index (χ0v) is 16.2. The Bertz CT molecular complexity index is 802. The van der Waals surface area contributed by atoms with E-state index in [-0.39, 0.29) is 12.0 Å². The maximum atomic E-state index is 12.5. The van der Waals surface area contributed by atoms with Crippen molar-refractivity contribution in [2.75, 3.05) is 49.1 Å². The Kier molecular flexibility index (Phi) is 5.66. The van der Waals surface area contributed by atoms with Gasteiger partial charge in [0.25, 0.3) is 5.91 Å². The van der Waals surface area contributed by atoms with Crippen LogP contribution in [-0.2, 0) is 4.74 Å². The highest BCUT2D eigenvalue weighted by Crippen LogP contribution is 2.17. The Hall–Kier alpha value is -2.74. The topological polar surface area (TPSA) is 83.5 Å². The predicted molar refractivity (Wildman–Crippen MR) is 107 cm³/mol. The van der Waals surface area contributed by atoms with Crippen LogP contribution in [0, 0.1) is 6.92 Å². The van der Waals surface area contributed by atoms with Gasteiger partial charge >= 0.3 is 0 Å². The monoisotopic (exact) mass is 382 g/mol. The van der Waals surface area contributed by atoms with E-state index >= 15 is 0 Å². The van der Waals surface area contributed by atoms with Crippen LogP contribution in [0.25, 0.3) is 0 Å². The van der Waals surface area contributed by atoms with Crippen molar-refractivity contribution in [1.29, 1.82) is 0 Å². The van der Waals surface area contributed by atoms with Crippen molar-refractivity contribution in [3.63, 3.8) is 0 Å². The highest BCUT2D eigenvalue weighted by atomic mass is 16.5. The molecule has 0 spiro atoms. The fraction of sp³-hybridized carbons (Fsp3) is 0.500. The number of nitrogens with zero attached hydrogens (tertiary/aromatic N) is 5. The molecule has 2 saturated heterocycles. The fourth-order valence-electron chi connectivity index (χ4n) is 3.59. The number of carbonyl (C=O) groups is 1. The second-order valence-corrected chi connectivity index (χ2v) is 7.20. The van der Waals surface area contributed by atoms with E-state index in [1.54, 1.807) is 6.07 Å². The smallest absolute Gasteiger partial charge is 0.270 e. The number of nitrogens with one attached hydrogen (secondary N) is 1. The lowest BCUT2D eigenvalue weighted by atomic mass is 10.2. The average Bonchev–Trinajstić information content (AvgIpc) is 3.26. The summed E-state index contributed by atoms with van der Waals surface area (Å²) in [5.41, 5.74) is 1.20. The van der Waals surface area contributed by atoms with Crippen molar-refractivity contribution in [2.24, 2.45) is 0 Å². The first-order valence-corrected chi connectivity index (χ1v) is 9.85. The number of anilines is 2. The molecule has 0 bridgehead atoms. The van der Waals surface area contributed by atoms with Crippen LogP contribution in [0.5, 0.6) is 0 Å². The number of piperazine rings is 1. The van der Waals surface area contributed by atoms with Crippen molar-refractivity contribution < 1.29 is 9.53 Å². The van der Waals surface area contributed by atoms with Gasteiger partial charge in [-0.2, -0.15) is 0 Å². The molecule has 0 saturated carbocycles. The molecule has 4 rings (SSSR count). The van der Waals surface area contributed by atoms with E-state index in [0.717, 1.165) is 57.1 Å². The van der Waals surface area contributed by atoms with Crippen molar-refractivity contribution in [3.8, 4) is 0 Å². The first-order valence-electron chi connectivity index (χ1n) is 9.85. The molecule has 2 aliphatic rings. The minimum Gasteiger partial charge on any atom is -0.376 e. The van der Waals surface area contributed by atoms with Gasteiger partial charge < -0.3 is 19.9 Å². The third-order valence-electron chi connectivity index (χ3n) is 5.13. The molecule has 28 heavy (non-hydrogen) atoms. The molecule has 8 nitrogen and oxygen atoms in total. The quantitative estimate of drug-likeness (QED) is 0.837. The molecule has 8 heteroatoms. The standard InChI is InChI=1S/C20H26N6O2/c1-15-13-17(19(27)22-14-16-5-4-12-28-16)24-20(23-15)26-10-8-25(9-11-26)18-6-2-3-7-21-18/h2-3,6-7,13,16H,4-5,8-12,14H2,1H3,(H,22,27). The second kappa shape index (κ2) is 8.52. The van der Waals surface area contributed by atoms with Crippen LogP contribution in [0.3, 0.4) is 0 Å². The van der Waals surface area contributed by atoms with E-state index < -0.39 is 0 Å². The Balaban J connectivity index is 1.39. The molecule has 1 N–H and O–H groups in total. The minimum absolute atomic E-state index is 0.117. The van der Waals surface area contributed by atoms with E-state index in [9.17, 15) is 4.79 Å². The van der Waals surface area contributed by atoms with E-state index in [0.29, 0.717) is 18.2 Å². The van der Waals surface area contributed by atoms with Gasteiger partial charge in [-0.3, -0.25) is 4.79 Å². The lowest BCUT2D eigenvalue weighted by molar-refractivity contribution is 0.0853. The molecule has 148 valence electrons. The number of aromatic nitrogens is 3. The van der Waals surface area contributed by atoms with Gasteiger partial charge in [0.15, 0.2) is 0 Å². The minimum atomic E-state index is -0.172. The molecule has 2 aromatic heterocycles. The van der Waals surface area contributed by atoms with Gasteiger partial charge in [0, 0.05) is 51.2 Å². The SMILES string of the molecule is Cc1cc(C(=O)NCC2CCCO2)nc(N2CCN(c3ccccn3)CC2)n1. The molecule has 2 fully saturated rings. The van der Waals surface area contributed by atoms with E-state index in [1.807, 2.05) is 31.3 Å². The summed E-state index contributed by atoms with van der Waals surface area (Å²) in [4.78, 5) is 30.4. The van der Waals surface area contributed by atoms with Gasteiger partial charge in [-0.05, 0) is 38.0 Å². The Morgan fingerprint density at radius 3 is 2.75 bits per heavy atom. The van der Waals surface area contributed by atoms with Crippen molar-refractivity contribution in [3.05, 3.63) is 41.9 Å². The number of ether oxygens (including phenoxy) is 1. The molecular weight excluding hydrogens is 356 g/mol. The number of hydrogen-bond donors (Lipinski definition) is 1. The van der Waals surface area contributed by atoms with Crippen molar-refractivity contribution >= 4 is 17.7 Å². The van der Waals surface area contributed by atoms with Gasteiger partial charge in [0.1, 0.15) is 11.5 Å². The lowest BCUT2D eigenvalue weighted by Gasteiger charge is -2.35. The Morgan fingerprint density at radius 1 is 1.21 bits per heavy atom. The largest absolute Gasteiger partial charge is 0.376 e. The van der Waals surface area contributed by atoms with Gasteiger partial charge in [0.2, 0.25) is 5.95 Å². The second-order valence-electron chi connectivity index (χ2n) is 7.20.